The summed E-state index contributed by atoms with van der Waals surface area (Å²) in [6, 6.07) is 4.42. The molecule has 8 heteroatoms. The van der Waals surface area contributed by atoms with Crippen molar-refractivity contribution in [3.05, 3.63) is 29.6 Å². The second kappa shape index (κ2) is 9.24. The quantitative estimate of drug-likeness (QED) is 0.567. The molecule has 2 heterocycles. The molecule has 0 aromatic heterocycles. The van der Waals surface area contributed by atoms with E-state index in [9.17, 15) is 18.8 Å². The van der Waals surface area contributed by atoms with E-state index >= 15 is 0 Å². The number of carbonyl (C=O) groups excluding carboxylic acids is 3. The van der Waals surface area contributed by atoms with Gasteiger partial charge in [-0.25, -0.2) is 4.39 Å². The number of benzene rings is 1. The molecule has 1 N–H and O–H groups in total. The van der Waals surface area contributed by atoms with Crippen molar-refractivity contribution in [3.63, 3.8) is 0 Å². The Labute approximate surface area is 182 Å². The van der Waals surface area contributed by atoms with Gasteiger partial charge in [0.05, 0.1) is 12.5 Å². The minimum absolute atomic E-state index is 0.184. The van der Waals surface area contributed by atoms with E-state index in [1.807, 2.05) is 25.7 Å². The first-order valence-corrected chi connectivity index (χ1v) is 10.8. The van der Waals surface area contributed by atoms with Crippen LogP contribution in [-0.2, 0) is 23.9 Å². The van der Waals surface area contributed by atoms with Gasteiger partial charge < -0.3 is 19.7 Å². The van der Waals surface area contributed by atoms with Crippen LogP contribution in [0.2, 0.25) is 0 Å². The van der Waals surface area contributed by atoms with Crippen LogP contribution >= 0.6 is 0 Å². The molecule has 170 valence electrons. The third kappa shape index (κ3) is 5.35. The normalized spacial score (nSPS) is 22.2. The molecule has 0 aliphatic carbocycles. The van der Waals surface area contributed by atoms with Crippen molar-refractivity contribution >= 4 is 23.5 Å². The molecule has 1 unspecified atom stereocenters. The summed E-state index contributed by atoms with van der Waals surface area (Å²) in [6.07, 6.45) is 1.18. The van der Waals surface area contributed by atoms with Crippen LogP contribution in [0.4, 0.5) is 10.1 Å². The predicted molar refractivity (Wildman–Crippen MR) is 113 cm³/mol. The Hall–Kier alpha value is -2.64. The Balaban J connectivity index is 1.79. The first-order chi connectivity index (χ1) is 14.6. The van der Waals surface area contributed by atoms with E-state index in [4.69, 9.17) is 9.47 Å². The van der Waals surface area contributed by atoms with Gasteiger partial charge in [0.2, 0.25) is 5.91 Å². The highest BCUT2D eigenvalue weighted by atomic mass is 19.1. The van der Waals surface area contributed by atoms with Gasteiger partial charge in [-0.2, -0.15) is 0 Å². The number of amides is 1. The Bertz CT molecular complexity index is 843. The first kappa shape index (κ1) is 23.0. The number of esters is 2. The SMILES string of the molecule is CCOC(=O)C1C(=O)NC[C@@H]1c1ccc(F)cc1N1CCC(C(=O)OC(C)(C)C)CC1. The van der Waals surface area contributed by atoms with E-state index in [1.54, 1.807) is 13.0 Å². The van der Waals surface area contributed by atoms with Crippen LogP contribution in [0.15, 0.2) is 18.2 Å². The van der Waals surface area contributed by atoms with Gasteiger partial charge in [-0.3, -0.25) is 14.4 Å². The summed E-state index contributed by atoms with van der Waals surface area (Å²) in [7, 11) is 0. The van der Waals surface area contributed by atoms with Gasteiger partial charge >= 0.3 is 11.9 Å². The van der Waals surface area contributed by atoms with Crippen LogP contribution in [0.25, 0.3) is 0 Å². The van der Waals surface area contributed by atoms with Crippen molar-refractivity contribution in [2.75, 3.05) is 31.1 Å². The molecule has 2 atom stereocenters. The topological polar surface area (TPSA) is 84.9 Å². The van der Waals surface area contributed by atoms with Gasteiger partial charge in [0.25, 0.3) is 0 Å². The second-order valence-corrected chi connectivity index (χ2v) is 9.08. The zero-order valence-electron chi connectivity index (χ0n) is 18.6. The molecule has 31 heavy (non-hydrogen) atoms. The number of hydrogen-bond acceptors (Lipinski definition) is 6. The third-order valence-corrected chi connectivity index (χ3v) is 5.69. The lowest BCUT2D eigenvalue weighted by atomic mass is 9.86. The summed E-state index contributed by atoms with van der Waals surface area (Å²) in [4.78, 5) is 39.1. The molecule has 1 amide bonds. The predicted octanol–water partition coefficient (Wildman–Crippen LogP) is 2.78. The molecule has 2 aliphatic heterocycles. The van der Waals surface area contributed by atoms with Crippen molar-refractivity contribution in [1.82, 2.24) is 5.32 Å². The average Bonchev–Trinajstić information content (AvgIpc) is 3.08. The Kier molecular flexibility index (Phi) is 6.86. The highest BCUT2D eigenvalue weighted by Crippen LogP contribution is 2.38. The summed E-state index contributed by atoms with van der Waals surface area (Å²) < 4.78 is 24.8. The molecular formula is C23H31FN2O5. The summed E-state index contributed by atoms with van der Waals surface area (Å²) in [6.45, 7) is 8.80. The van der Waals surface area contributed by atoms with Gasteiger partial charge in [-0.15, -0.1) is 0 Å². The number of halogens is 1. The Morgan fingerprint density at radius 2 is 1.87 bits per heavy atom. The van der Waals surface area contributed by atoms with Crippen LogP contribution in [-0.4, -0.2) is 49.7 Å². The van der Waals surface area contributed by atoms with Crippen LogP contribution < -0.4 is 10.2 Å². The summed E-state index contributed by atoms with van der Waals surface area (Å²) >= 11 is 0. The average molecular weight is 435 g/mol. The van der Waals surface area contributed by atoms with Crippen LogP contribution in [0.5, 0.6) is 0 Å². The summed E-state index contributed by atoms with van der Waals surface area (Å²) in [5.74, 6) is -3.13. The lowest BCUT2D eigenvalue weighted by Crippen LogP contribution is -2.39. The maximum atomic E-state index is 14.2. The number of carbonyl (C=O) groups is 3. The molecule has 0 radical (unpaired) electrons. The third-order valence-electron chi connectivity index (χ3n) is 5.69. The number of hydrogen-bond donors (Lipinski definition) is 1. The lowest BCUT2D eigenvalue weighted by Gasteiger charge is -2.35. The summed E-state index contributed by atoms with van der Waals surface area (Å²) in [5, 5.41) is 2.73. The minimum atomic E-state index is -0.955. The Morgan fingerprint density at radius 3 is 2.48 bits per heavy atom. The van der Waals surface area contributed by atoms with Crippen molar-refractivity contribution in [1.29, 1.82) is 0 Å². The van der Waals surface area contributed by atoms with Crippen molar-refractivity contribution < 1.29 is 28.2 Å². The Morgan fingerprint density at radius 1 is 1.19 bits per heavy atom. The monoisotopic (exact) mass is 434 g/mol. The highest BCUT2D eigenvalue weighted by Gasteiger charge is 2.43. The van der Waals surface area contributed by atoms with Crippen molar-refractivity contribution in [2.45, 2.75) is 52.1 Å². The molecule has 2 aliphatic rings. The van der Waals surface area contributed by atoms with E-state index in [2.05, 4.69) is 5.32 Å². The van der Waals surface area contributed by atoms with Crippen LogP contribution in [0, 0.1) is 17.7 Å². The van der Waals surface area contributed by atoms with Gasteiger partial charge in [0, 0.05) is 31.2 Å². The molecule has 1 aromatic carbocycles. The van der Waals surface area contributed by atoms with E-state index < -0.39 is 29.2 Å². The molecule has 0 spiro atoms. The molecule has 2 saturated heterocycles. The smallest absolute Gasteiger partial charge is 0.319 e. The fourth-order valence-electron chi connectivity index (χ4n) is 4.26. The standard InChI is InChI=1S/C23H31FN2O5/c1-5-30-22(29)19-17(13-25-20(19)27)16-7-6-15(24)12-18(16)26-10-8-14(9-11-26)21(28)31-23(2,3)4/h6-7,12,14,17,19H,5,8-11,13H2,1-4H3,(H,25,27)/t17-,19?/m1/s1. The van der Waals surface area contributed by atoms with E-state index in [0.29, 0.717) is 31.6 Å². The highest BCUT2D eigenvalue weighted by molar-refractivity contribution is 6.01. The van der Waals surface area contributed by atoms with E-state index in [0.717, 1.165) is 5.56 Å². The molecule has 1 aromatic rings. The van der Waals surface area contributed by atoms with Crippen LogP contribution in [0.3, 0.4) is 0 Å². The molecule has 2 fully saturated rings. The van der Waals surface area contributed by atoms with Gasteiger partial charge in [0.15, 0.2) is 0 Å². The molecule has 7 nitrogen and oxygen atoms in total. The lowest BCUT2D eigenvalue weighted by molar-refractivity contribution is -0.160. The van der Waals surface area contributed by atoms with E-state index in [1.165, 1.54) is 12.1 Å². The first-order valence-electron chi connectivity index (χ1n) is 10.8. The maximum Gasteiger partial charge on any atom is 0.319 e. The largest absolute Gasteiger partial charge is 0.465 e. The number of nitrogens with one attached hydrogen (secondary N) is 1. The van der Waals surface area contributed by atoms with E-state index in [-0.39, 0.29) is 30.9 Å². The van der Waals surface area contributed by atoms with Gasteiger partial charge in [0.1, 0.15) is 17.3 Å². The van der Waals surface area contributed by atoms with Crippen molar-refractivity contribution in [3.8, 4) is 0 Å². The zero-order chi connectivity index (χ0) is 22.8. The number of anilines is 1. The maximum absolute atomic E-state index is 14.2. The van der Waals surface area contributed by atoms with Gasteiger partial charge in [-0.1, -0.05) is 6.07 Å². The zero-order valence-corrected chi connectivity index (χ0v) is 18.6. The number of nitrogens with zero attached hydrogens (tertiary/aromatic N) is 1. The van der Waals surface area contributed by atoms with Crippen LogP contribution in [0.1, 0.15) is 52.0 Å². The fraction of sp³-hybridized carbons (Fsp3) is 0.609. The number of ether oxygens (including phenoxy) is 2. The molecule has 3 rings (SSSR count). The molecule has 0 bridgehead atoms. The van der Waals surface area contributed by atoms with Crippen molar-refractivity contribution in [2.24, 2.45) is 11.8 Å². The minimum Gasteiger partial charge on any atom is -0.465 e. The number of piperidine rings is 1. The molecule has 0 saturated carbocycles. The number of rotatable bonds is 5. The second-order valence-electron chi connectivity index (χ2n) is 9.08. The molecular weight excluding hydrogens is 403 g/mol. The fourth-order valence-corrected chi connectivity index (χ4v) is 4.26. The van der Waals surface area contributed by atoms with Gasteiger partial charge in [-0.05, 0) is 58.2 Å². The summed E-state index contributed by atoms with van der Waals surface area (Å²) in [5.41, 5.74) is 0.848.